The minimum atomic E-state index is -4.54. The summed E-state index contributed by atoms with van der Waals surface area (Å²) in [5.74, 6) is -0.402. The van der Waals surface area contributed by atoms with Gasteiger partial charge in [-0.25, -0.2) is 0 Å². The van der Waals surface area contributed by atoms with Crippen molar-refractivity contribution in [3.8, 4) is 0 Å². The van der Waals surface area contributed by atoms with E-state index in [-0.39, 0.29) is 39.9 Å². The minimum absolute atomic E-state index is 0.00590. The fraction of sp³-hybridized carbons (Fsp3) is 0.227. The van der Waals surface area contributed by atoms with Crippen molar-refractivity contribution in [3.63, 3.8) is 0 Å². The number of amides is 2. The molecular formula is C22H18ClF3N4O2S. The third-order valence-electron chi connectivity index (χ3n) is 5.01. The molecule has 1 saturated heterocycles. The van der Waals surface area contributed by atoms with Crippen LogP contribution < -0.4 is 5.73 Å². The molecule has 1 atom stereocenters. The first-order chi connectivity index (χ1) is 15.5. The largest absolute Gasteiger partial charge is 0.416 e. The molecule has 11 heteroatoms. The van der Waals surface area contributed by atoms with Crippen molar-refractivity contribution in [1.29, 1.82) is 0 Å². The second-order valence-electron chi connectivity index (χ2n) is 7.69. The van der Waals surface area contributed by atoms with Crippen molar-refractivity contribution in [2.24, 2.45) is 5.73 Å². The van der Waals surface area contributed by atoms with Gasteiger partial charge in [-0.2, -0.15) is 18.3 Å². The highest BCUT2D eigenvalue weighted by molar-refractivity contribution is 8.18. The normalized spacial score (nSPS) is 16.9. The molecular weight excluding hydrogens is 477 g/mol. The highest BCUT2D eigenvalue weighted by atomic mass is 35.5. The molecule has 3 aromatic rings. The van der Waals surface area contributed by atoms with Crippen molar-refractivity contribution in [2.45, 2.75) is 25.7 Å². The number of halogens is 4. The number of carbonyl (C=O) groups excluding carboxylic acids is 2. The summed E-state index contributed by atoms with van der Waals surface area (Å²) < 4.78 is 41.7. The van der Waals surface area contributed by atoms with Crippen LogP contribution in [0.1, 0.15) is 23.6 Å². The molecule has 1 aromatic heterocycles. The molecule has 2 heterocycles. The molecule has 33 heavy (non-hydrogen) atoms. The van der Waals surface area contributed by atoms with Crippen molar-refractivity contribution >= 4 is 51.5 Å². The molecule has 0 radical (unpaired) electrons. The summed E-state index contributed by atoms with van der Waals surface area (Å²) in [5, 5.41) is 4.54. The van der Waals surface area contributed by atoms with Gasteiger partial charge in [0.15, 0.2) is 0 Å². The minimum Gasteiger partial charge on any atom is -0.326 e. The second kappa shape index (κ2) is 8.85. The molecule has 2 amide bonds. The van der Waals surface area contributed by atoms with Gasteiger partial charge in [-0.1, -0.05) is 23.7 Å². The van der Waals surface area contributed by atoms with Crippen molar-refractivity contribution < 1.29 is 22.8 Å². The smallest absolute Gasteiger partial charge is 0.326 e. The Labute approximate surface area is 196 Å². The third-order valence-corrected chi connectivity index (χ3v) is 6.15. The number of hydrogen-bond acceptors (Lipinski definition) is 5. The number of thioether (sulfide) groups is 1. The van der Waals surface area contributed by atoms with Gasteiger partial charge in [-0.15, -0.1) is 0 Å². The van der Waals surface area contributed by atoms with Crippen LogP contribution in [-0.2, 0) is 17.5 Å². The van der Waals surface area contributed by atoms with Crippen LogP contribution in [0.3, 0.4) is 0 Å². The molecule has 1 aliphatic heterocycles. The lowest BCUT2D eigenvalue weighted by Gasteiger charge is -2.14. The Morgan fingerprint density at radius 3 is 2.67 bits per heavy atom. The average Bonchev–Trinajstić information content (AvgIpc) is 3.24. The Balaban J connectivity index is 1.61. The lowest BCUT2D eigenvalue weighted by molar-refractivity contribution is -0.138. The van der Waals surface area contributed by atoms with E-state index in [9.17, 15) is 22.8 Å². The number of nitrogens with two attached hydrogens (primary N) is 1. The zero-order chi connectivity index (χ0) is 23.9. The van der Waals surface area contributed by atoms with Gasteiger partial charge >= 0.3 is 6.18 Å². The number of imide groups is 1. The number of nitrogens with zero attached hydrogens (tertiary/aromatic N) is 3. The van der Waals surface area contributed by atoms with Gasteiger partial charge in [0.25, 0.3) is 11.1 Å². The summed E-state index contributed by atoms with van der Waals surface area (Å²) in [7, 11) is 0. The van der Waals surface area contributed by atoms with E-state index in [2.05, 4.69) is 5.10 Å². The van der Waals surface area contributed by atoms with Crippen LogP contribution >= 0.6 is 23.4 Å². The van der Waals surface area contributed by atoms with Crippen LogP contribution in [0, 0.1) is 0 Å². The Bertz CT molecular complexity index is 1290. The van der Waals surface area contributed by atoms with Gasteiger partial charge in [0.05, 0.1) is 28.7 Å². The van der Waals surface area contributed by atoms with Gasteiger partial charge in [-0.05, 0) is 60.2 Å². The maximum absolute atomic E-state index is 13.4. The number of benzene rings is 2. The topological polar surface area (TPSA) is 81.2 Å². The van der Waals surface area contributed by atoms with Gasteiger partial charge in [0.1, 0.15) is 0 Å². The van der Waals surface area contributed by atoms with Crippen LogP contribution in [0.15, 0.2) is 47.5 Å². The van der Waals surface area contributed by atoms with Gasteiger partial charge in [0.2, 0.25) is 0 Å². The maximum Gasteiger partial charge on any atom is 0.416 e. The third kappa shape index (κ3) is 4.92. The van der Waals surface area contributed by atoms with Crippen LogP contribution in [0.4, 0.5) is 18.0 Å². The summed E-state index contributed by atoms with van der Waals surface area (Å²) >= 11 is 6.60. The first kappa shape index (κ1) is 23.3. The fourth-order valence-electron chi connectivity index (χ4n) is 3.53. The van der Waals surface area contributed by atoms with Crippen molar-refractivity contribution in [2.75, 3.05) is 6.54 Å². The first-order valence-electron chi connectivity index (χ1n) is 9.85. The number of hydrogen-bond donors (Lipinski definition) is 1. The van der Waals surface area contributed by atoms with E-state index in [0.717, 1.165) is 22.7 Å². The summed E-state index contributed by atoms with van der Waals surface area (Å²) in [6, 6.07) is 8.50. The van der Waals surface area contributed by atoms with E-state index in [4.69, 9.17) is 17.3 Å². The molecule has 4 rings (SSSR count). The summed E-state index contributed by atoms with van der Waals surface area (Å²) in [6.45, 7) is 1.75. The molecule has 2 aromatic carbocycles. The molecule has 0 aliphatic carbocycles. The lowest BCUT2D eigenvalue weighted by atomic mass is 10.1. The van der Waals surface area contributed by atoms with Crippen LogP contribution in [-0.4, -0.2) is 38.4 Å². The number of aromatic nitrogens is 2. The molecule has 1 fully saturated rings. The number of alkyl halides is 3. The fourth-order valence-corrected chi connectivity index (χ4v) is 4.55. The number of fused-ring (bicyclic) bond motifs is 1. The Kier molecular flexibility index (Phi) is 6.26. The van der Waals surface area contributed by atoms with E-state index < -0.39 is 17.6 Å². The Hall–Kier alpha value is -2.82. The maximum atomic E-state index is 13.4. The molecule has 1 aliphatic rings. The molecule has 0 unspecified atom stereocenters. The highest BCUT2D eigenvalue weighted by Crippen LogP contribution is 2.35. The molecule has 2 N–H and O–H groups in total. The molecule has 0 bridgehead atoms. The van der Waals surface area contributed by atoms with E-state index in [1.165, 1.54) is 23.0 Å². The van der Waals surface area contributed by atoms with Crippen molar-refractivity contribution in [3.05, 3.63) is 69.2 Å². The summed E-state index contributed by atoms with van der Waals surface area (Å²) in [4.78, 5) is 26.0. The zero-order valence-electron chi connectivity index (χ0n) is 17.3. The van der Waals surface area contributed by atoms with E-state index in [1.54, 1.807) is 31.2 Å². The lowest BCUT2D eigenvalue weighted by Crippen LogP contribution is -2.38. The van der Waals surface area contributed by atoms with Gasteiger partial charge in [-0.3, -0.25) is 19.2 Å². The molecule has 6 nitrogen and oxygen atoms in total. The van der Waals surface area contributed by atoms with E-state index in [1.807, 2.05) is 0 Å². The standard InChI is InChI=1S/C22H18ClF3N4O2S/c1-12(27)10-29-20(31)19(33-21(29)32)7-13-2-5-18-15(6-13)9-28-30(18)11-14-3-4-16(23)8-17(14)22(24,25)26/h2-9,12H,10-11,27H2,1H3/b19-7-/t12-/m0/s1. The number of rotatable bonds is 5. The molecule has 172 valence electrons. The van der Waals surface area contributed by atoms with E-state index in [0.29, 0.717) is 16.5 Å². The predicted octanol–water partition coefficient (Wildman–Crippen LogP) is 5.14. The SMILES string of the molecule is C[C@H](N)CN1C(=O)S/C(=C\c2ccc3c(cnn3Cc3ccc(Cl)cc3C(F)(F)F)c2)C1=O. The van der Waals surface area contributed by atoms with Crippen LogP contribution in [0.2, 0.25) is 5.02 Å². The average molecular weight is 495 g/mol. The highest BCUT2D eigenvalue weighted by Gasteiger charge is 2.35. The Morgan fingerprint density at radius 1 is 1.21 bits per heavy atom. The quantitative estimate of drug-likeness (QED) is 0.497. The predicted molar refractivity (Wildman–Crippen MR) is 122 cm³/mol. The van der Waals surface area contributed by atoms with Crippen LogP contribution in [0.5, 0.6) is 0 Å². The molecule has 0 spiro atoms. The first-order valence-corrected chi connectivity index (χ1v) is 11.0. The number of carbonyl (C=O) groups is 2. The van der Waals surface area contributed by atoms with Crippen molar-refractivity contribution in [1.82, 2.24) is 14.7 Å². The van der Waals surface area contributed by atoms with Gasteiger partial charge in [0, 0.05) is 23.0 Å². The monoisotopic (exact) mass is 494 g/mol. The van der Waals surface area contributed by atoms with Crippen LogP contribution in [0.25, 0.3) is 17.0 Å². The van der Waals surface area contributed by atoms with Gasteiger partial charge < -0.3 is 5.73 Å². The zero-order valence-corrected chi connectivity index (χ0v) is 18.8. The molecule has 0 saturated carbocycles. The Morgan fingerprint density at radius 2 is 1.97 bits per heavy atom. The van der Waals surface area contributed by atoms with E-state index >= 15 is 0 Å². The second-order valence-corrected chi connectivity index (χ2v) is 9.12. The summed E-state index contributed by atoms with van der Waals surface area (Å²) in [5.41, 5.74) is 6.23. The summed E-state index contributed by atoms with van der Waals surface area (Å²) in [6.07, 6.45) is -1.40.